The number of primary amides is 1. The molecule has 1 fully saturated rings. The van der Waals surface area contributed by atoms with Crippen molar-refractivity contribution in [2.45, 2.75) is 33.6 Å². The summed E-state index contributed by atoms with van der Waals surface area (Å²) >= 11 is 0. The number of nitrogens with zero attached hydrogens (tertiary/aromatic N) is 2. The van der Waals surface area contributed by atoms with Crippen molar-refractivity contribution >= 4 is 22.7 Å². The van der Waals surface area contributed by atoms with Gasteiger partial charge in [0.05, 0.1) is 17.0 Å². The van der Waals surface area contributed by atoms with E-state index >= 15 is 0 Å². The second-order valence-corrected chi connectivity index (χ2v) is 7.51. The highest BCUT2D eigenvalue weighted by Crippen LogP contribution is 2.24. The van der Waals surface area contributed by atoms with Gasteiger partial charge in [-0.05, 0) is 57.4 Å². The predicted octanol–water partition coefficient (Wildman–Crippen LogP) is 2.09. The van der Waals surface area contributed by atoms with Crippen LogP contribution >= 0.6 is 0 Å². The van der Waals surface area contributed by atoms with E-state index < -0.39 is 0 Å². The first-order valence-corrected chi connectivity index (χ1v) is 9.54. The van der Waals surface area contributed by atoms with Crippen LogP contribution in [-0.4, -0.2) is 47.9 Å². The van der Waals surface area contributed by atoms with E-state index in [2.05, 4.69) is 22.1 Å². The number of hydrogen-bond donors (Lipinski definition) is 2. The van der Waals surface area contributed by atoms with Crippen molar-refractivity contribution in [3.05, 3.63) is 40.6 Å². The van der Waals surface area contributed by atoms with E-state index in [1.165, 1.54) is 5.56 Å². The van der Waals surface area contributed by atoms with E-state index in [1.54, 1.807) is 0 Å². The van der Waals surface area contributed by atoms with Gasteiger partial charge in [-0.2, -0.15) is 0 Å². The molecule has 1 aliphatic heterocycles. The molecule has 144 valence electrons. The Balaban J connectivity index is 1.68. The minimum Gasteiger partial charge on any atom is -0.369 e. The van der Waals surface area contributed by atoms with Gasteiger partial charge in [-0.3, -0.25) is 14.6 Å². The van der Waals surface area contributed by atoms with Crippen LogP contribution in [0.25, 0.3) is 10.9 Å². The van der Waals surface area contributed by atoms with Crippen LogP contribution in [0.4, 0.5) is 0 Å². The summed E-state index contributed by atoms with van der Waals surface area (Å²) in [5.74, 6) is -0.391. The predicted molar refractivity (Wildman–Crippen MR) is 107 cm³/mol. The zero-order valence-electron chi connectivity index (χ0n) is 16.3. The van der Waals surface area contributed by atoms with Crippen molar-refractivity contribution in [1.82, 2.24) is 15.2 Å². The Morgan fingerprint density at radius 1 is 1.30 bits per heavy atom. The molecule has 3 rings (SSSR count). The third-order valence-electron chi connectivity index (χ3n) is 5.50. The van der Waals surface area contributed by atoms with Crippen LogP contribution < -0.4 is 11.1 Å². The monoisotopic (exact) mass is 368 g/mol. The lowest BCUT2D eigenvalue weighted by molar-refractivity contribution is -0.123. The average molecular weight is 368 g/mol. The fraction of sp³-hybridized carbons (Fsp3) is 0.476. The quantitative estimate of drug-likeness (QED) is 0.846. The summed E-state index contributed by atoms with van der Waals surface area (Å²) in [7, 11) is 0. The molecule has 0 bridgehead atoms. The molecule has 0 radical (unpaired) electrons. The number of piperidine rings is 1. The third kappa shape index (κ3) is 4.27. The van der Waals surface area contributed by atoms with Crippen LogP contribution in [0.2, 0.25) is 0 Å². The van der Waals surface area contributed by atoms with Gasteiger partial charge in [0.2, 0.25) is 5.91 Å². The number of hydrogen-bond acceptors (Lipinski definition) is 4. The molecule has 0 saturated carbocycles. The lowest BCUT2D eigenvalue weighted by Gasteiger charge is -2.31. The van der Waals surface area contributed by atoms with Crippen molar-refractivity contribution in [3.63, 3.8) is 0 Å². The lowest BCUT2D eigenvalue weighted by atomic mass is 9.97. The highest BCUT2D eigenvalue weighted by Gasteiger charge is 2.23. The molecule has 3 N–H and O–H groups in total. The molecular formula is C21H28N4O2. The van der Waals surface area contributed by atoms with Gasteiger partial charge in [0.25, 0.3) is 5.91 Å². The Bertz CT molecular complexity index is 878. The average Bonchev–Trinajstić information content (AvgIpc) is 2.64. The number of carbonyl (C=O) groups excluding carboxylic acids is 2. The largest absolute Gasteiger partial charge is 0.369 e. The summed E-state index contributed by atoms with van der Waals surface area (Å²) in [4.78, 5) is 31.0. The zero-order valence-corrected chi connectivity index (χ0v) is 16.3. The minimum atomic E-state index is -0.229. The maximum absolute atomic E-state index is 12.8. The fourth-order valence-electron chi connectivity index (χ4n) is 3.76. The second kappa shape index (κ2) is 8.05. The van der Waals surface area contributed by atoms with E-state index in [9.17, 15) is 9.59 Å². The highest BCUT2D eigenvalue weighted by molar-refractivity contribution is 6.07. The Kier molecular flexibility index (Phi) is 5.75. The van der Waals surface area contributed by atoms with Gasteiger partial charge in [0.1, 0.15) is 0 Å². The van der Waals surface area contributed by atoms with Crippen molar-refractivity contribution in [1.29, 1.82) is 0 Å². The highest BCUT2D eigenvalue weighted by atomic mass is 16.2. The Hall–Kier alpha value is -2.47. The molecule has 1 aromatic heterocycles. The number of likely N-dealkylation sites (tertiary alicyclic amines) is 1. The number of benzene rings is 1. The molecular weight excluding hydrogens is 340 g/mol. The molecule has 1 saturated heterocycles. The molecule has 1 atom stereocenters. The maximum Gasteiger partial charge on any atom is 0.252 e. The molecule has 2 amide bonds. The molecule has 1 aromatic carbocycles. The number of carbonyl (C=O) groups is 2. The molecule has 0 unspecified atom stereocenters. The van der Waals surface area contributed by atoms with Gasteiger partial charge in [0, 0.05) is 30.7 Å². The van der Waals surface area contributed by atoms with Crippen LogP contribution in [-0.2, 0) is 4.79 Å². The first kappa shape index (κ1) is 19.3. The fourth-order valence-corrected chi connectivity index (χ4v) is 3.76. The number of aromatic nitrogens is 1. The Morgan fingerprint density at radius 3 is 2.81 bits per heavy atom. The first-order valence-electron chi connectivity index (χ1n) is 9.54. The summed E-state index contributed by atoms with van der Waals surface area (Å²) in [6.07, 6.45) is 1.83. The van der Waals surface area contributed by atoms with Crippen LogP contribution in [0.15, 0.2) is 18.2 Å². The summed E-state index contributed by atoms with van der Waals surface area (Å²) in [5.41, 5.74) is 10.1. The number of pyridine rings is 1. The number of rotatable bonds is 5. The standard InChI is InChI=1S/C21H28N4O2/c1-13-6-7-17-18(11-14(2)24-19(17)15(13)3)21(27)23-8-10-25-9-4-5-16(12-25)20(22)26/h6-7,11,16H,4-5,8-10,12H2,1-3H3,(H2,22,26)(H,23,27)/t16-/m1/s1. The van der Waals surface area contributed by atoms with Crippen LogP contribution in [0, 0.1) is 26.7 Å². The number of fused-ring (bicyclic) bond motifs is 1. The second-order valence-electron chi connectivity index (χ2n) is 7.51. The number of nitrogens with one attached hydrogen (secondary N) is 1. The third-order valence-corrected chi connectivity index (χ3v) is 5.50. The molecule has 6 nitrogen and oxygen atoms in total. The summed E-state index contributed by atoms with van der Waals surface area (Å²) in [6.45, 7) is 8.88. The van der Waals surface area contributed by atoms with Crippen LogP contribution in [0.3, 0.4) is 0 Å². The maximum atomic E-state index is 12.8. The minimum absolute atomic E-state index is 0.0764. The van der Waals surface area contributed by atoms with Gasteiger partial charge in [-0.15, -0.1) is 0 Å². The zero-order chi connectivity index (χ0) is 19.6. The molecule has 27 heavy (non-hydrogen) atoms. The summed E-state index contributed by atoms with van der Waals surface area (Å²) in [6, 6.07) is 5.85. The first-order chi connectivity index (χ1) is 12.9. The van der Waals surface area contributed by atoms with Crippen molar-refractivity contribution in [3.8, 4) is 0 Å². The van der Waals surface area contributed by atoms with Gasteiger partial charge in [0.15, 0.2) is 0 Å². The van der Waals surface area contributed by atoms with Gasteiger partial charge in [-0.25, -0.2) is 0 Å². The molecule has 1 aliphatic rings. The Labute approximate surface area is 160 Å². The van der Waals surface area contributed by atoms with Crippen molar-refractivity contribution in [2.24, 2.45) is 11.7 Å². The van der Waals surface area contributed by atoms with Crippen molar-refractivity contribution < 1.29 is 9.59 Å². The normalized spacial score (nSPS) is 17.8. The lowest BCUT2D eigenvalue weighted by Crippen LogP contribution is -2.44. The Morgan fingerprint density at radius 2 is 2.07 bits per heavy atom. The summed E-state index contributed by atoms with van der Waals surface area (Å²) in [5, 5.41) is 3.90. The van der Waals surface area contributed by atoms with E-state index in [1.807, 2.05) is 32.0 Å². The molecule has 2 aromatic rings. The van der Waals surface area contributed by atoms with E-state index in [-0.39, 0.29) is 17.7 Å². The van der Waals surface area contributed by atoms with Gasteiger partial charge >= 0.3 is 0 Å². The number of nitrogens with two attached hydrogens (primary N) is 1. The van der Waals surface area contributed by atoms with E-state index in [0.717, 1.165) is 48.1 Å². The van der Waals surface area contributed by atoms with E-state index in [4.69, 9.17) is 5.73 Å². The number of amides is 2. The molecule has 6 heteroatoms. The van der Waals surface area contributed by atoms with Crippen LogP contribution in [0.5, 0.6) is 0 Å². The van der Waals surface area contributed by atoms with Crippen LogP contribution in [0.1, 0.15) is 40.0 Å². The molecule has 0 aliphatic carbocycles. The van der Waals surface area contributed by atoms with Gasteiger partial charge in [-0.1, -0.05) is 12.1 Å². The number of aryl methyl sites for hydroxylation is 3. The summed E-state index contributed by atoms with van der Waals surface area (Å²) < 4.78 is 0. The van der Waals surface area contributed by atoms with Gasteiger partial charge < -0.3 is 16.0 Å². The van der Waals surface area contributed by atoms with Crippen molar-refractivity contribution in [2.75, 3.05) is 26.2 Å². The smallest absolute Gasteiger partial charge is 0.252 e. The molecule has 0 spiro atoms. The van der Waals surface area contributed by atoms with E-state index in [0.29, 0.717) is 18.7 Å². The topological polar surface area (TPSA) is 88.3 Å². The SMILES string of the molecule is Cc1cc(C(=O)NCCN2CCC[C@@H](C(N)=O)C2)c2ccc(C)c(C)c2n1. The molecule has 2 heterocycles.